The second-order valence-corrected chi connectivity index (χ2v) is 8.32. The third kappa shape index (κ3) is 4.28. The van der Waals surface area contributed by atoms with Gasteiger partial charge in [-0.15, -0.1) is 11.8 Å². The third-order valence-electron chi connectivity index (χ3n) is 4.40. The Labute approximate surface area is 168 Å². The Balaban J connectivity index is 1.86. The van der Waals surface area contributed by atoms with Crippen molar-refractivity contribution in [3.63, 3.8) is 0 Å². The molecule has 0 atom stereocenters. The highest BCUT2D eigenvalue weighted by molar-refractivity contribution is 8.04. The van der Waals surface area contributed by atoms with Crippen LogP contribution in [0, 0.1) is 5.82 Å². The molecule has 0 aliphatic carbocycles. The molecular weight excluding hydrogens is 377 g/mol. The van der Waals surface area contributed by atoms with E-state index in [4.69, 9.17) is 4.74 Å². The van der Waals surface area contributed by atoms with Gasteiger partial charge in [-0.2, -0.15) is 0 Å². The molecule has 146 valence electrons. The van der Waals surface area contributed by atoms with Crippen LogP contribution in [-0.2, 0) is 16.0 Å². The van der Waals surface area contributed by atoms with Crippen LogP contribution in [0.4, 0.5) is 4.39 Å². The van der Waals surface area contributed by atoms with Crippen LogP contribution in [0.15, 0.2) is 53.4 Å². The number of carbonyl (C=O) groups is 2. The number of halogens is 1. The van der Waals surface area contributed by atoms with Gasteiger partial charge >= 0.3 is 0 Å². The van der Waals surface area contributed by atoms with Crippen LogP contribution in [0.3, 0.4) is 0 Å². The highest BCUT2D eigenvalue weighted by Crippen LogP contribution is 2.38. The van der Waals surface area contributed by atoms with Crippen molar-refractivity contribution in [3.8, 4) is 5.75 Å². The summed E-state index contributed by atoms with van der Waals surface area (Å²) >= 11 is 1.40. The fourth-order valence-electron chi connectivity index (χ4n) is 3.01. The standard InChI is InChI=1S/C22H22FNO3S/c1-14(2)28-20-19(16-6-10-18(27-3)11-7-16)21(25)24(22(20)26)13-12-15-4-8-17(23)9-5-15/h4-11,14H,12-13H2,1-3H3. The number of amides is 2. The zero-order chi connectivity index (χ0) is 20.3. The monoisotopic (exact) mass is 399 g/mol. The minimum Gasteiger partial charge on any atom is -0.497 e. The van der Waals surface area contributed by atoms with Gasteiger partial charge in [0.25, 0.3) is 11.8 Å². The van der Waals surface area contributed by atoms with Gasteiger partial charge < -0.3 is 4.74 Å². The number of hydrogen-bond donors (Lipinski definition) is 0. The summed E-state index contributed by atoms with van der Waals surface area (Å²) in [7, 11) is 1.58. The van der Waals surface area contributed by atoms with Crippen LogP contribution in [-0.4, -0.2) is 35.6 Å². The zero-order valence-electron chi connectivity index (χ0n) is 16.1. The van der Waals surface area contributed by atoms with Gasteiger partial charge in [-0.25, -0.2) is 4.39 Å². The van der Waals surface area contributed by atoms with Gasteiger partial charge in [-0.05, 0) is 41.8 Å². The lowest BCUT2D eigenvalue weighted by Gasteiger charge is -2.15. The lowest BCUT2D eigenvalue weighted by molar-refractivity contribution is -0.136. The molecule has 0 radical (unpaired) electrons. The van der Waals surface area contributed by atoms with E-state index in [2.05, 4.69) is 0 Å². The fraction of sp³-hybridized carbons (Fsp3) is 0.273. The summed E-state index contributed by atoms with van der Waals surface area (Å²) in [5.74, 6) is -0.180. The van der Waals surface area contributed by atoms with Gasteiger partial charge in [0.05, 0.1) is 17.6 Å². The number of ether oxygens (including phenoxy) is 1. The molecule has 0 fully saturated rings. The molecule has 0 aromatic heterocycles. The van der Waals surface area contributed by atoms with E-state index < -0.39 is 0 Å². The van der Waals surface area contributed by atoms with Crippen LogP contribution in [0.1, 0.15) is 25.0 Å². The van der Waals surface area contributed by atoms with Crippen LogP contribution in [0.25, 0.3) is 5.57 Å². The molecule has 1 aliphatic heterocycles. The first-order chi connectivity index (χ1) is 13.4. The normalized spacial score (nSPS) is 14.4. The molecule has 0 saturated heterocycles. The maximum absolute atomic E-state index is 13.1. The molecule has 28 heavy (non-hydrogen) atoms. The van der Waals surface area contributed by atoms with Gasteiger partial charge in [-0.1, -0.05) is 38.1 Å². The number of thioether (sulfide) groups is 1. The lowest BCUT2D eigenvalue weighted by atomic mass is 10.1. The van der Waals surface area contributed by atoms with Crippen molar-refractivity contribution in [2.75, 3.05) is 13.7 Å². The number of rotatable bonds is 7. The Morgan fingerprint density at radius 3 is 2.21 bits per heavy atom. The van der Waals surface area contributed by atoms with E-state index in [-0.39, 0.29) is 29.4 Å². The van der Waals surface area contributed by atoms with Crippen molar-refractivity contribution in [1.29, 1.82) is 0 Å². The highest BCUT2D eigenvalue weighted by Gasteiger charge is 2.39. The van der Waals surface area contributed by atoms with Crippen LogP contribution >= 0.6 is 11.8 Å². The van der Waals surface area contributed by atoms with Crippen molar-refractivity contribution >= 4 is 29.1 Å². The summed E-state index contributed by atoms with van der Waals surface area (Å²) in [5.41, 5.74) is 2.01. The summed E-state index contributed by atoms with van der Waals surface area (Å²) in [6.45, 7) is 4.23. The number of benzene rings is 2. The Kier molecular flexibility index (Phi) is 6.19. The quantitative estimate of drug-likeness (QED) is 0.652. The van der Waals surface area contributed by atoms with Crippen LogP contribution < -0.4 is 4.74 Å². The molecule has 0 N–H and O–H groups in total. The Morgan fingerprint density at radius 1 is 1.00 bits per heavy atom. The first-order valence-electron chi connectivity index (χ1n) is 9.06. The van der Waals surface area contributed by atoms with Crippen LogP contribution in [0.5, 0.6) is 5.75 Å². The Bertz CT molecular complexity index is 904. The third-order valence-corrected chi connectivity index (χ3v) is 5.48. The molecule has 3 rings (SSSR count). The first-order valence-corrected chi connectivity index (χ1v) is 9.94. The highest BCUT2D eigenvalue weighted by atomic mass is 32.2. The molecule has 0 unspecified atom stereocenters. The summed E-state index contributed by atoms with van der Waals surface area (Å²) in [6.07, 6.45) is 0.479. The molecule has 4 nitrogen and oxygen atoms in total. The maximum Gasteiger partial charge on any atom is 0.268 e. The SMILES string of the molecule is COc1ccc(C2=C(SC(C)C)C(=O)N(CCc3ccc(F)cc3)C2=O)cc1. The topological polar surface area (TPSA) is 46.6 Å². The van der Waals surface area contributed by atoms with Crippen molar-refractivity contribution in [2.24, 2.45) is 0 Å². The average Bonchev–Trinajstić information content (AvgIpc) is 2.91. The average molecular weight is 399 g/mol. The van der Waals surface area contributed by atoms with Crippen LogP contribution in [0.2, 0.25) is 0 Å². The molecule has 1 aliphatic rings. The molecular formula is C22H22FNO3S. The number of hydrogen-bond acceptors (Lipinski definition) is 4. The predicted molar refractivity (Wildman–Crippen MR) is 109 cm³/mol. The van der Waals surface area contributed by atoms with E-state index in [9.17, 15) is 14.0 Å². The van der Waals surface area contributed by atoms with E-state index in [1.807, 2.05) is 13.8 Å². The predicted octanol–water partition coefficient (Wildman–Crippen LogP) is 4.30. The fourth-order valence-corrected chi connectivity index (χ4v) is 4.01. The number of nitrogens with zero attached hydrogens (tertiary/aromatic N) is 1. The number of imide groups is 1. The molecule has 2 amide bonds. The summed E-state index contributed by atoms with van der Waals surface area (Å²) in [6, 6.07) is 13.2. The molecule has 2 aromatic rings. The number of carbonyl (C=O) groups excluding carboxylic acids is 2. The molecule has 6 heteroatoms. The van der Waals surface area contributed by atoms with Crippen molar-refractivity contribution in [1.82, 2.24) is 4.90 Å². The second kappa shape index (κ2) is 8.61. The maximum atomic E-state index is 13.1. The van der Waals surface area contributed by atoms with Crippen molar-refractivity contribution in [2.45, 2.75) is 25.5 Å². The molecule has 0 bridgehead atoms. The number of methoxy groups -OCH3 is 1. The van der Waals surface area contributed by atoms with E-state index >= 15 is 0 Å². The minimum absolute atomic E-state index is 0.164. The molecule has 1 heterocycles. The van der Waals surface area contributed by atoms with Gasteiger partial charge in [-0.3, -0.25) is 14.5 Å². The largest absolute Gasteiger partial charge is 0.497 e. The second-order valence-electron chi connectivity index (χ2n) is 6.74. The smallest absolute Gasteiger partial charge is 0.268 e. The Hall–Kier alpha value is -2.60. The lowest BCUT2D eigenvalue weighted by Crippen LogP contribution is -2.33. The summed E-state index contributed by atoms with van der Waals surface area (Å²) < 4.78 is 18.3. The zero-order valence-corrected chi connectivity index (χ0v) is 16.9. The van der Waals surface area contributed by atoms with E-state index in [1.165, 1.54) is 28.8 Å². The van der Waals surface area contributed by atoms with Crippen molar-refractivity contribution in [3.05, 3.63) is 70.4 Å². The Morgan fingerprint density at radius 2 is 1.64 bits per heavy atom. The van der Waals surface area contributed by atoms with E-state index in [0.29, 0.717) is 28.2 Å². The molecule has 2 aromatic carbocycles. The van der Waals surface area contributed by atoms with Gasteiger partial charge in [0.2, 0.25) is 0 Å². The molecule has 0 saturated carbocycles. The van der Waals surface area contributed by atoms with Gasteiger partial charge in [0.1, 0.15) is 11.6 Å². The summed E-state index contributed by atoms with van der Waals surface area (Å²) in [5, 5.41) is 0.164. The van der Waals surface area contributed by atoms with E-state index in [0.717, 1.165) is 5.56 Å². The summed E-state index contributed by atoms with van der Waals surface area (Å²) in [4.78, 5) is 27.8. The molecule has 0 spiro atoms. The van der Waals surface area contributed by atoms with Crippen molar-refractivity contribution < 1.29 is 18.7 Å². The first kappa shape index (κ1) is 20.1. The van der Waals surface area contributed by atoms with Gasteiger partial charge in [0.15, 0.2) is 0 Å². The van der Waals surface area contributed by atoms with E-state index in [1.54, 1.807) is 43.5 Å². The van der Waals surface area contributed by atoms with Gasteiger partial charge in [0, 0.05) is 11.8 Å². The minimum atomic E-state index is -0.309.